The molecule has 0 radical (unpaired) electrons. The molecule has 0 amide bonds. The maximum atomic E-state index is 13.9. The third-order valence-corrected chi connectivity index (χ3v) is 3.84. The van der Waals surface area contributed by atoms with E-state index in [2.05, 4.69) is 9.47 Å². The molecule has 14 heteroatoms. The SMILES string of the molecule is O=C(/C=C/c1ccc(C(F)(F)F)c(F)c1F)c1cc(OCC(F)(F)F)ccc1OCC(F)(F)F. The second-order valence-electron chi connectivity index (χ2n) is 6.49. The van der Waals surface area contributed by atoms with E-state index in [9.17, 15) is 53.1 Å². The van der Waals surface area contributed by atoms with Gasteiger partial charge in [0.15, 0.2) is 30.6 Å². The number of hydrogen-bond donors (Lipinski definition) is 0. The Kier molecular flexibility index (Phi) is 7.83. The number of ketones is 1. The highest BCUT2D eigenvalue weighted by atomic mass is 19.4. The molecule has 2 rings (SSSR count). The fourth-order valence-corrected chi connectivity index (χ4v) is 2.41. The van der Waals surface area contributed by atoms with Crippen molar-refractivity contribution in [2.75, 3.05) is 13.2 Å². The number of alkyl halides is 9. The van der Waals surface area contributed by atoms with Crippen LogP contribution in [0, 0.1) is 11.6 Å². The van der Waals surface area contributed by atoms with Gasteiger partial charge < -0.3 is 9.47 Å². The predicted molar refractivity (Wildman–Crippen MR) is 94.3 cm³/mol. The van der Waals surface area contributed by atoms with E-state index < -0.39 is 77.3 Å². The minimum Gasteiger partial charge on any atom is -0.484 e. The third kappa shape index (κ3) is 7.63. The summed E-state index contributed by atoms with van der Waals surface area (Å²) in [6.45, 7) is -3.67. The molecule has 0 N–H and O–H groups in total. The van der Waals surface area contributed by atoms with E-state index in [4.69, 9.17) is 0 Å². The van der Waals surface area contributed by atoms with Crippen LogP contribution in [0.2, 0.25) is 0 Å². The minimum absolute atomic E-state index is 0.200. The van der Waals surface area contributed by atoms with E-state index in [-0.39, 0.29) is 6.07 Å². The molecule has 0 saturated carbocycles. The average molecular weight is 508 g/mol. The predicted octanol–water partition coefficient (Wildman–Crippen LogP) is 6.76. The summed E-state index contributed by atoms with van der Waals surface area (Å²) in [5.74, 6) is -6.78. The van der Waals surface area contributed by atoms with Crippen LogP contribution in [0.4, 0.5) is 48.3 Å². The Balaban J connectivity index is 2.38. The Hall–Kier alpha value is -3.32. The summed E-state index contributed by atoms with van der Waals surface area (Å²) in [5.41, 5.74) is -3.47. The van der Waals surface area contributed by atoms with Crippen molar-refractivity contribution < 1.29 is 62.6 Å². The highest BCUT2D eigenvalue weighted by Crippen LogP contribution is 2.33. The Morgan fingerprint density at radius 3 is 1.94 bits per heavy atom. The zero-order valence-corrected chi connectivity index (χ0v) is 16.3. The van der Waals surface area contributed by atoms with Crippen LogP contribution in [0.25, 0.3) is 6.08 Å². The molecule has 0 bridgehead atoms. The molecule has 0 aromatic heterocycles. The standard InChI is InChI=1S/C20H11F11O3/c21-16-10(1-4-13(17(16)22)20(29,30)31)2-5-14(32)12-7-11(33-8-18(23,24)25)3-6-15(12)34-9-19(26,27)28/h1-7H,8-9H2/b5-2+. The van der Waals surface area contributed by atoms with Gasteiger partial charge >= 0.3 is 18.5 Å². The summed E-state index contributed by atoms with van der Waals surface area (Å²) >= 11 is 0. The maximum absolute atomic E-state index is 13.9. The van der Waals surface area contributed by atoms with E-state index in [1.165, 1.54) is 0 Å². The zero-order valence-electron chi connectivity index (χ0n) is 16.3. The van der Waals surface area contributed by atoms with Crippen molar-refractivity contribution in [2.45, 2.75) is 18.5 Å². The first kappa shape index (κ1) is 26.9. The average Bonchev–Trinajstić information content (AvgIpc) is 2.69. The first-order valence-corrected chi connectivity index (χ1v) is 8.79. The molecular formula is C20H11F11O3. The lowest BCUT2D eigenvalue weighted by Gasteiger charge is -2.14. The summed E-state index contributed by atoms with van der Waals surface area (Å²) in [6.07, 6.45) is -13.8. The van der Waals surface area contributed by atoms with Gasteiger partial charge in [0.25, 0.3) is 0 Å². The Labute approximate surface area is 183 Å². The number of carbonyl (C=O) groups excluding carboxylic acids is 1. The molecule has 0 atom stereocenters. The molecule has 0 fully saturated rings. The molecule has 0 aliphatic rings. The van der Waals surface area contributed by atoms with E-state index >= 15 is 0 Å². The van der Waals surface area contributed by atoms with E-state index in [1.807, 2.05) is 0 Å². The van der Waals surface area contributed by atoms with Crippen molar-refractivity contribution in [2.24, 2.45) is 0 Å². The van der Waals surface area contributed by atoms with Crippen molar-refractivity contribution in [3.8, 4) is 11.5 Å². The first-order valence-electron chi connectivity index (χ1n) is 8.79. The van der Waals surface area contributed by atoms with Gasteiger partial charge in [0.2, 0.25) is 0 Å². The number of ether oxygens (including phenoxy) is 2. The number of halogens is 11. The third-order valence-electron chi connectivity index (χ3n) is 3.84. The smallest absolute Gasteiger partial charge is 0.422 e. The topological polar surface area (TPSA) is 35.5 Å². The molecule has 2 aromatic rings. The lowest BCUT2D eigenvalue weighted by Crippen LogP contribution is -2.21. The van der Waals surface area contributed by atoms with Crippen LogP contribution >= 0.6 is 0 Å². The van der Waals surface area contributed by atoms with Crippen LogP contribution in [0.1, 0.15) is 21.5 Å². The Morgan fingerprint density at radius 2 is 1.38 bits per heavy atom. The van der Waals surface area contributed by atoms with Crippen LogP contribution in [0.3, 0.4) is 0 Å². The normalized spacial score (nSPS) is 12.8. The molecule has 2 aromatic carbocycles. The van der Waals surface area contributed by atoms with Gasteiger partial charge in [-0.15, -0.1) is 0 Å². The number of rotatable bonds is 7. The second kappa shape index (κ2) is 9.89. The summed E-state index contributed by atoms with van der Waals surface area (Å²) in [4.78, 5) is 12.4. The van der Waals surface area contributed by atoms with Gasteiger partial charge in [-0.25, -0.2) is 8.78 Å². The Bertz CT molecular complexity index is 1070. The lowest BCUT2D eigenvalue weighted by atomic mass is 10.1. The molecule has 186 valence electrons. The zero-order chi connectivity index (χ0) is 25.9. The second-order valence-corrected chi connectivity index (χ2v) is 6.49. The molecule has 3 nitrogen and oxygen atoms in total. The van der Waals surface area contributed by atoms with Gasteiger partial charge in [0.05, 0.1) is 11.1 Å². The minimum atomic E-state index is -5.20. The number of hydrogen-bond acceptors (Lipinski definition) is 3. The molecule has 0 aliphatic heterocycles. The van der Waals surface area contributed by atoms with Gasteiger partial charge in [-0.2, -0.15) is 39.5 Å². The van der Waals surface area contributed by atoms with Gasteiger partial charge in [0.1, 0.15) is 11.5 Å². The largest absolute Gasteiger partial charge is 0.484 e. The van der Waals surface area contributed by atoms with Crippen molar-refractivity contribution in [3.63, 3.8) is 0 Å². The van der Waals surface area contributed by atoms with Gasteiger partial charge in [-0.05, 0) is 36.4 Å². The molecule has 0 aliphatic carbocycles. The van der Waals surface area contributed by atoms with Gasteiger partial charge in [-0.3, -0.25) is 4.79 Å². The van der Waals surface area contributed by atoms with Crippen LogP contribution < -0.4 is 9.47 Å². The van der Waals surface area contributed by atoms with E-state index in [0.717, 1.165) is 12.1 Å². The van der Waals surface area contributed by atoms with Crippen LogP contribution in [-0.2, 0) is 6.18 Å². The summed E-state index contributed by atoms with van der Waals surface area (Å²) in [7, 11) is 0. The lowest BCUT2D eigenvalue weighted by molar-refractivity contribution is -0.154. The highest BCUT2D eigenvalue weighted by molar-refractivity contribution is 6.08. The quantitative estimate of drug-likeness (QED) is 0.236. The fourth-order valence-electron chi connectivity index (χ4n) is 2.41. The highest BCUT2D eigenvalue weighted by Gasteiger charge is 2.36. The molecule has 0 unspecified atom stereocenters. The van der Waals surface area contributed by atoms with Gasteiger partial charge in [-0.1, -0.05) is 6.07 Å². The van der Waals surface area contributed by atoms with Crippen LogP contribution in [0.5, 0.6) is 11.5 Å². The molecular weight excluding hydrogens is 497 g/mol. The van der Waals surface area contributed by atoms with Crippen molar-refractivity contribution in [1.82, 2.24) is 0 Å². The monoisotopic (exact) mass is 508 g/mol. The molecule has 34 heavy (non-hydrogen) atoms. The van der Waals surface area contributed by atoms with Crippen molar-refractivity contribution in [3.05, 3.63) is 64.7 Å². The summed E-state index contributed by atoms with van der Waals surface area (Å²) in [5, 5.41) is 0. The summed E-state index contributed by atoms with van der Waals surface area (Å²) < 4.78 is 149. The number of allylic oxidation sites excluding steroid dienone is 1. The van der Waals surface area contributed by atoms with E-state index in [1.54, 1.807) is 0 Å². The van der Waals surface area contributed by atoms with Crippen molar-refractivity contribution in [1.29, 1.82) is 0 Å². The Morgan fingerprint density at radius 1 is 0.794 bits per heavy atom. The van der Waals surface area contributed by atoms with Crippen LogP contribution in [0.15, 0.2) is 36.4 Å². The summed E-state index contributed by atoms with van der Waals surface area (Å²) in [6, 6.07) is 2.83. The number of benzene rings is 2. The molecule has 0 heterocycles. The molecule has 0 saturated heterocycles. The maximum Gasteiger partial charge on any atom is 0.422 e. The molecule has 0 spiro atoms. The van der Waals surface area contributed by atoms with Crippen LogP contribution in [-0.4, -0.2) is 31.3 Å². The van der Waals surface area contributed by atoms with Crippen molar-refractivity contribution >= 4 is 11.9 Å². The number of carbonyl (C=O) groups is 1. The van der Waals surface area contributed by atoms with Gasteiger partial charge in [0, 0.05) is 5.56 Å². The first-order chi connectivity index (χ1) is 15.5. The fraction of sp³-hybridized carbons (Fsp3) is 0.250. The van der Waals surface area contributed by atoms with E-state index in [0.29, 0.717) is 24.3 Å².